The summed E-state index contributed by atoms with van der Waals surface area (Å²) in [5.41, 5.74) is 3.05. The molecule has 0 atom stereocenters. The van der Waals surface area contributed by atoms with Gasteiger partial charge in [0.15, 0.2) is 17.5 Å². The first-order valence-electron chi connectivity index (χ1n) is 11.0. The molecule has 0 radical (unpaired) electrons. The van der Waals surface area contributed by atoms with E-state index in [2.05, 4.69) is 27.6 Å². The normalized spacial score (nSPS) is 15.3. The second-order valence-corrected chi connectivity index (χ2v) is 7.98. The van der Waals surface area contributed by atoms with Crippen molar-refractivity contribution in [2.75, 3.05) is 33.3 Å². The highest BCUT2D eigenvalue weighted by molar-refractivity contribution is 14.0. The molecular weight excluding hydrogens is 524 g/mol. The monoisotopic (exact) mass is 559 g/mol. The van der Waals surface area contributed by atoms with Crippen LogP contribution in [0.25, 0.3) is 0 Å². The minimum absolute atomic E-state index is 0. The van der Waals surface area contributed by atoms with E-state index in [0.717, 1.165) is 74.0 Å². The first-order valence-corrected chi connectivity index (χ1v) is 11.0. The quantitative estimate of drug-likeness (QED) is 0.291. The van der Waals surface area contributed by atoms with Gasteiger partial charge in [0, 0.05) is 44.3 Å². The van der Waals surface area contributed by atoms with Crippen molar-refractivity contribution < 1.29 is 13.7 Å². The summed E-state index contributed by atoms with van der Waals surface area (Å²) in [6.45, 7) is 10.2. The lowest BCUT2D eigenvalue weighted by Gasteiger charge is -2.33. The van der Waals surface area contributed by atoms with E-state index in [9.17, 15) is 4.39 Å². The van der Waals surface area contributed by atoms with E-state index in [1.54, 1.807) is 12.1 Å². The third-order valence-corrected chi connectivity index (χ3v) is 5.71. The maximum absolute atomic E-state index is 13.9. The van der Waals surface area contributed by atoms with Crippen LogP contribution in [0.2, 0.25) is 0 Å². The molecule has 1 fully saturated rings. The largest absolute Gasteiger partial charge is 0.494 e. The number of ether oxygens (including phenoxy) is 1. The fraction of sp³-hybridized carbons (Fsp3) is 0.565. The lowest BCUT2D eigenvalue weighted by molar-refractivity contribution is 0.198. The summed E-state index contributed by atoms with van der Waals surface area (Å²) in [7, 11) is 1.48. The Morgan fingerprint density at radius 1 is 1.31 bits per heavy atom. The Morgan fingerprint density at radius 2 is 2.06 bits per heavy atom. The Labute approximate surface area is 207 Å². The molecule has 1 aliphatic heterocycles. The van der Waals surface area contributed by atoms with Crippen molar-refractivity contribution in [3.63, 3.8) is 0 Å². The lowest BCUT2D eigenvalue weighted by Crippen LogP contribution is -2.48. The number of methoxy groups -OCH3 is 1. The van der Waals surface area contributed by atoms with Gasteiger partial charge in [-0.3, -0.25) is 9.89 Å². The van der Waals surface area contributed by atoms with Gasteiger partial charge in [-0.15, -0.1) is 24.0 Å². The van der Waals surface area contributed by atoms with Gasteiger partial charge in [-0.25, -0.2) is 4.39 Å². The van der Waals surface area contributed by atoms with E-state index in [1.165, 1.54) is 7.11 Å². The number of piperidine rings is 1. The second-order valence-electron chi connectivity index (χ2n) is 7.98. The average molecular weight is 559 g/mol. The molecule has 2 aromatic rings. The Kier molecular flexibility index (Phi) is 10.7. The van der Waals surface area contributed by atoms with Crippen LogP contribution in [0.15, 0.2) is 27.7 Å². The van der Waals surface area contributed by atoms with E-state index in [1.807, 2.05) is 19.9 Å². The predicted octanol–water partition coefficient (Wildman–Crippen LogP) is 3.82. The van der Waals surface area contributed by atoms with Crippen molar-refractivity contribution in [2.45, 2.75) is 52.6 Å². The molecule has 0 bridgehead atoms. The fourth-order valence-electron chi connectivity index (χ4n) is 3.95. The molecule has 2 N–H and O–H groups in total. The molecule has 32 heavy (non-hydrogen) atoms. The summed E-state index contributed by atoms with van der Waals surface area (Å²) in [5, 5.41) is 10.9. The summed E-state index contributed by atoms with van der Waals surface area (Å²) in [6.07, 6.45) is 2.86. The third-order valence-electron chi connectivity index (χ3n) is 5.71. The van der Waals surface area contributed by atoms with Gasteiger partial charge in [-0.05, 0) is 57.7 Å². The standard InChI is InChI=1S/C23H34FN5O2.HI/c1-5-25-23(26-11-8-20-16(2)28-31-17(20)3)27-19-9-12-29(13-10-19)15-18-6-7-22(30-4)21(24)14-18;/h6-7,14,19H,5,8-13,15H2,1-4H3,(H2,25,26,27);1H. The van der Waals surface area contributed by atoms with Crippen LogP contribution in [0.3, 0.4) is 0 Å². The molecule has 9 heteroatoms. The molecule has 1 saturated heterocycles. The molecule has 2 heterocycles. The number of guanidine groups is 1. The topological polar surface area (TPSA) is 74.9 Å². The Balaban J connectivity index is 0.00000363. The van der Waals surface area contributed by atoms with Gasteiger partial charge >= 0.3 is 0 Å². The lowest BCUT2D eigenvalue weighted by atomic mass is 10.0. The Bertz CT molecular complexity index is 862. The summed E-state index contributed by atoms with van der Waals surface area (Å²) in [6, 6.07) is 5.57. The van der Waals surface area contributed by atoms with Crippen LogP contribution < -0.4 is 15.4 Å². The molecule has 3 rings (SSSR count). The van der Waals surface area contributed by atoms with Crippen LogP contribution in [0.4, 0.5) is 4.39 Å². The molecule has 7 nitrogen and oxygen atoms in total. The summed E-state index contributed by atoms with van der Waals surface area (Å²) in [4.78, 5) is 7.10. The molecule has 0 spiro atoms. The van der Waals surface area contributed by atoms with E-state index in [0.29, 0.717) is 12.6 Å². The number of hydrogen-bond acceptors (Lipinski definition) is 5. The molecular formula is C23H35FIN5O2. The van der Waals surface area contributed by atoms with Crippen LogP contribution in [-0.4, -0.2) is 55.3 Å². The van der Waals surface area contributed by atoms with Crippen molar-refractivity contribution in [1.29, 1.82) is 0 Å². The minimum atomic E-state index is -0.306. The van der Waals surface area contributed by atoms with E-state index in [-0.39, 0.29) is 35.5 Å². The van der Waals surface area contributed by atoms with Crippen molar-refractivity contribution in [2.24, 2.45) is 4.99 Å². The summed E-state index contributed by atoms with van der Waals surface area (Å²) < 4.78 is 24.2. The smallest absolute Gasteiger partial charge is 0.191 e. The van der Waals surface area contributed by atoms with Gasteiger partial charge in [0.2, 0.25) is 0 Å². The van der Waals surface area contributed by atoms with Gasteiger partial charge < -0.3 is 19.9 Å². The van der Waals surface area contributed by atoms with E-state index >= 15 is 0 Å². The van der Waals surface area contributed by atoms with Crippen molar-refractivity contribution in [3.05, 3.63) is 46.6 Å². The number of benzene rings is 1. The van der Waals surface area contributed by atoms with Crippen LogP contribution in [-0.2, 0) is 13.0 Å². The highest BCUT2D eigenvalue weighted by Gasteiger charge is 2.20. The first kappa shape index (κ1) is 26.4. The van der Waals surface area contributed by atoms with Gasteiger partial charge in [0.25, 0.3) is 0 Å². The summed E-state index contributed by atoms with van der Waals surface area (Å²) in [5.74, 6) is 1.70. The number of hydrogen-bond donors (Lipinski definition) is 2. The maximum atomic E-state index is 13.9. The highest BCUT2D eigenvalue weighted by Crippen LogP contribution is 2.20. The van der Waals surface area contributed by atoms with Crippen molar-refractivity contribution >= 4 is 29.9 Å². The van der Waals surface area contributed by atoms with Crippen LogP contribution in [0.5, 0.6) is 5.75 Å². The number of aryl methyl sites for hydroxylation is 2. The predicted molar refractivity (Wildman–Crippen MR) is 135 cm³/mol. The molecule has 0 amide bonds. The molecule has 0 aliphatic carbocycles. The highest BCUT2D eigenvalue weighted by atomic mass is 127. The van der Waals surface area contributed by atoms with Crippen LogP contribution in [0.1, 0.15) is 42.3 Å². The van der Waals surface area contributed by atoms with E-state index < -0.39 is 0 Å². The third kappa shape index (κ3) is 7.33. The minimum Gasteiger partial charge on any atom is -0.494 e. The van der Waals surface area contributed by atoms with Gasteiger partial charge in [0.1, 0.15) is 5.76 Å². The number of aliphatic imine (C=N–C) groups is 1. The zero-order chi connectivity index (χ0) is 22.2. The summed E-state index contributed by atoms with van der Waals surface area (Å²) >= 11 is 0. The number of nitrogens with zero attached hydrogens (tertiary/aromatic N) is 3. The zero-order valence-electron chi connectivity index (χ0n) is 19.4. The van der Waals surface area contributed by atoms with Crippen molar-refractivity contribution in [1.82, 2.24) is 20.7 Å². The molecule has 1 aromatic carbocycles. The number of likely N-dealkylation sites (tertiary alicyclic amines) is 1. The zero-order valence-corrected chi connectivity index (χ0v) is 21.7. The molecule has 0 unspecified atom stereocenters. The van der Waals surface area contributed by atoms with Crippen LogP contribution in [0, 0.1) is 19.7 Å². The van der Waals surface area contributed by atoms with Gasteiger partial charge in [0.05, 0.1) is 12.8 Å². The van der Waals surface area contributed by atoms with Crippen molar-refractivity contribution in [3.8, 4) is 5.75 Å². The molecule has 178 valence electrons. The average Bonchev–Trinajstić information content (AvgIpc) is 3.07. The number of nitrogens with one attached hydrogen (secondary N) is 2. The van der Waals surface area contributed by atoms with E-state index in [4.69, 9.17) is 14.3 Å². The molecule has 1 aliphatic rings. The van der Waals surface area contributed by atoms with Gasteiger partial charge in [-0.2, -0.15) is 0 Å². The number of aromatic nitrogens is 1. The second kappa shape index (κ2) is 13.0. The fourth-order valence-corrected chi connectivity index (χ4v) is 3.95. The molecule has 1 aromatic heterocycles. The Morgan fingerprint density at radius 3 is 2.66 bits per heavy atom. The molecule has 0 saturated carbocycles. The number of halogens is 2. The maximum Gasteiger partial charge on any atom is 0.191 e. The van der Waals surface area contributed by atoms with Crippen LogP contribution >= 0.6 is 24.0 Å². The SMILES string of the molecule is CCNC(=NCCc1c(C)noc1C)NC1CCN(Cc2ccc(OC)c(F)c2)CC1.I. The number of rotatable bonds is 8. The first-order chi connectivity index (χ1) is 15.0. The van der Waals surface area contributed by atoms with Gasteiger partial charge in [-0.1, -0.05) is 11.2 Å². The Hall–Kier alpha value is -1.88.